The highest BCUT2D eigenvalue weighted by Gasteiger charge is 2.36. The maximum Gasteiger partial charge on any atom is 0.352 e. The van der Waals surface area contributed by atoms with Crippen LogP contribution in [0.4, 0.5) is 4.79 Å². The van der Waals surface area contributed by atoms with Gasteiger partial charge in [0.25, 0.3) is 5.91 Å². The lowest BCUT2D eigenvalue weighted by Gasteiger charge is -2.27. The quantitative estimate of drug-likeness (QED) is 0.839. The van der Waals surface area contributed by atoms with E-state index in [0.717, 1.165) is 4.90 Å². The lowest BCUT2D eigenvalue weighted by atomic mass is 10.0. The number of hydrogen-bond donors (Lipinski definition) is 1. The average Bonchev–Trinajstić information content (AvgIpc) is 2.98. The van der Waals surface area contributed by atoms with E-state index in [2.05, 4.69) is 20.4 Å². The maximum absolute atomic E-state index is 12.4. The fourth-order valence-electron chi connectivity index (χ4n) is 2.44. The summed E-state index contributed by atoms with van der Waals surface area (Å²) >= 11 is 5.97. The number of amidine groups is 1. The summed E-state index contributed by atoms with van der Waals surface area (Å²) in [6, 6.07) is -0.689. The number of fused-ring (bicyclic) bond motifs is 1. The minimum atomic E-state index is -0.689. The third-order valence-electron chi connectivity index (χ3n) is 3.72. The number of nitrogens with zero attached hydrogens (tertiary/aromatic N) is 5. The molecule has 0 aromatic carbocycles. The molecule has 0 radical (unpaired) electrons. The number of carbonyl (C=O) groups is 3. The van der Waals surface area contributed by atoms with Crippen molar-refractivity contribution < 1.29 is 14.4 Å². The number of hydrogen-bond acceptors (Lipinski definition) is 5. The lowest BCUT2D eigenvalue weighted by Crippen LogP contribution is -2.48. The van der Waals surface area contributed by atoms with Crippen LogP contribution >= 0.6 is 11.6 Å². The Morgan fingerprint density at radius 1 is 1.40 bits per heavy atom. The number of carbonyl (C=O) groups excluding carboxylic acids is 3. The molecule has 1 atom stereocenters. The SMILES string of the molecule is CCn1cc(Cl)c(C(=O)NCCN2C(=O)N=C3N=CC=CC3C2=O)n1. The summed E-state index contributed by atoms with van der Waals surface area (Å²) in [5.41, 5.74) is 0.102. The van der Waals surface area contributed by atoms with Crippen molar-refractivity contribution in [2.75, 3.05) is 13.1 Å². The number of rotatable bonds is 5. The minimum Gasteiger partial charge on any atom is -0.349 e. The fourth-order valence-corrected chi connectivity index (χ4v) is 2.68. The second kappa shape index (κ2) is 6.98. The zero-order valence-electron chi connectivity index (χ0n) is 13.3. The van der Waals surface area contributed by atoms with Crippen LogP contribution in [0.25, 0.3) is 0 Å². The van der Waals surface area contributed by atoms with Crippen molar-refractivity contribution in [3.05, 3.63) is 29.1 Å². The predicted molar refractivity (Wildman–Crippen MR) is 90.9 cm³/mol. The number of urea groups is 1. The monoisotopic (exact) mass is 362 g/mol. The third kappa shape index (κ3) is 3.36. The molecule has 1 unspecified atom stereocenters. The van der Waals surface area contributed by atoms with Gasteiger partial charge in [-0.3, -0.25) is 19.2 Å². The van der Waals surface area contributed by atoms with Gasteiger partial charge in [-0.15, -0.1) is 0 Å². The number of nitrogens with one attached hydrogen (secondary N) is 1. The summed E-state index contributed by atoms with van der Waals surface area (Å²) < 4.78 is 1.54. The first kappa shape index (κ1) is 17.0. The van der Waals surface area contributed by atoms with Gasteiger partial charge in [0, 0.05) is 32.0 Å². The fraction of sp³-hybridized carbons (Fsp3) is 0.333. The summed E-state index contributed by atoms with van der Waals surface area (Å²) in [4.78, 5) is 45.2. The molecule has 130 valence electrons. The van der Waals surface area contributed by atoms with Crippen LogP contribution in [-0.4, -0.2) is 57.7 Å². The molecule has 0 fully saturated rings. The van der Waals surface area contributed by atoms with Gasteiger partial charge in [0.05, 0.1) is 5.02 Å². The largest absolute Gasteiger partial charge is 0.352 e. The number of halogens is 1. The number of dihydropyridines is 1. The zero-order chi connectivity index (χ0) is 18.0. The zero-order valence-corrected chi connectivity index (χ0v) is 14.1. The number of amides is 4. The molecule has 1 aromatic heterocycles. The van der Waals surface area contributed by atoms with Crippen LogP contribution in [0.3, 0.4) is 0 Å². The van der Waals surface area contributed by atoms with Crippen molar-refractivity contribution in [3.8, 4) is 0 Å². The highest BCUT2D eigenvalue weighted by molar-refractivity contribution is 6.33. The first-order chi connectivity index (χ1) is 12.0. The van der Waals surface area contributed by atoms with E-state index in [1.807, 2.05) is 6.92 Å². The second-order valence-corrected chi connectivity index (χ2v) is 5.73. The van der Waals surface area contributed by atoms with Gasteiger partial charge in [0.2, 0.25) is 5.91 Å². The van der Waals surface area contributed by atoms with Crippen LogP contribution in [0.1, 0.15) is 17.4 Å². The van der Waals surface area contributed by atoms with Crippen molar-refractivity contribution in [2.24, 2.45) is 15.9 Å². The van der Waals surface area contributed by atoms with Crippen molar-refractivity contribution >= 4 is 41.5 Å². The smallest absolute Gasteiger partial charge is 0.349 e. The van der Waals surface area contributed by atoms with E-state index in [1.54, 1.807) is 23.0 Å². The number of imide groups is 1. The Labute approximate surface area is 148 Å². The van der Waals surface area contributed by atoms with E-state index < -0.39 is 23.8 Å². The van der Waals surface area contributed by atoms with Crippen LogP contribution in [0.15, 0.2) is 28.3 Å². The highest BCUT2D eigenvalue weighted by atomic mass is 35.5. The molecule has 3 rings (SSSR count). The Morgan fingerprint density at radius 2 is 2.20 bits per heavy atom. The number of aromatic nitrogens is 2. The number of aliphatic imine (C=N–C) groups is 2. The average molecular weight is 363 g/mol. The highest BCUT2D eigenvalue weighted by Crippen LogP contribution is 2.18. The van der Waals surface area contributed by atoms with Gasteiger partial charge >= 0.3 is 6.03 Å². The van der Waals surface area contributed by atoms with Crippen LogP contribution < -0.4 is 5.32 Å². The van der Waals surface area contributed by atoms with Crippen molar-refractivity contribution in [2.45, 2.75) is 13.5 Å². The van der Waals surface area contributed by atoms with Crippen LogP contribution in [0, 0.1) is 5.92 Å². The molecule has 0 aliphatic carbocycles. The maximum atomic E-state index is 12.4. The van der Waals surface area contributed by atoms with Gasteiger partial charge in [-0.2, -0.15) is 10.1 Å². The van der Waals surface area contributed by atoms with Gasteiger partial charge in [0.1, 0.15) is 11.8 Å². The van der Waals surface area contributed by atoms with E-state index in [0.29, 0.717) is 6.54 Å². The molecular formula is C15H15ClN6O3. The van der Waals surface area contributed by atoms with Gasteiger partial charge in [-0.25, -0.2) is 9.79 Å². The Bertz CT molecular complexity index is 825. The molecule has 4 amide bonds. The number of aryl methyl sites for hydroxylation is 1. The Kier molecular flexibility index (Phi) is 4.75. The summed E-state index contributed by atoms with van der Waals surface area (Å²) in [6.07, 6.45) is 6.29. The summed E-state index contributed by atoms with van der Waals surface area (Å²) in [6.45, 7) is 2.52. The lowest BCUT2D eigenvalue weighted by molar-refractivity contribution is -0.129. The standard InChI is InChI=1S/C15H15ClN6O3/c1-2-21-8-10(16)11(20-21)13(23)18-6-7-22-14(24)9-4-3-5-17-12(9)19-15(22)25/h3-5,8-9H,2,6-7H2,1H3,(H,18,23). The number of allylic oxidation sites excluding steroid dienone is 1. The van der Waals surface area contributed by atoms with Crippen molar-refractivity contribution in [3.63, 3.8) is 0 Å². The molecular weight excluding hydrogens is 348 g/mol. The molecule has 1 aromatic rings. The van der Waals surface area contributed by atoms with Gasteiger partial charge in [0.15, 0.2) is 5.69 Å². The minimum absolute atomic E-state index is 0.000344. The molecule has 0 spiro atoms. The van der Waals surface area contributed by atoms with E-state index in [4.69, 9.17) is 11.6 Å². The summed E-state index contributed by atoms with van der Waals surface area (Å²) in [7, 11) is 0. The van der Waals surface area contributed by atoms with Gasteiger partial charge in [-0.1, -0.05) is 17.7 Å². The van der Waals surface area contributed by atoms with Crippen LogP contribution in [-0.2, 0) is 11.3 Å². The molecule has 0 saturated heterocycles. The van der Waals surface area contributed by atoms with E-state index >= 15 is 0 Å². The van der Waals surface area contributed by atoms with E-state index in [9.17, 15) is 14.4 Å². The molecule has 0 bridgehead atoms. The molecule has 3 heterocycles. The van der Waals surface area contributed by atoms with Gasteiger partial charge < -0.3 is 5.32 Å². The van der Waals surface area contributed by atoms with Gasteiger partial charge in [-0.05, 0) is 13.0 Å². The molecule has 1 N–H and O–H groups in total. The first-order valence-electron chi connectivity index (χ1n) is 7.67. The predicted octanol–water partition coefficient (Wildman–Crippen LogP) is 0.904. The van der Waals surface area contributed by atoms with Crippen molar-refractivity contribution in [1.82, 2.24) is 20.0 Å². The third-order valence-corrected chi connectivity index (χ3v) is 4.00. The molecule has 10 heteroatoms. The molecule has 2 aliphatic rings. The second-order valence-electron chi connectivity index (χ2n) is 5.32. The Balaban J connectivity index is 1.61. The van der Waals surface area contributed by atoms with Crippen LogP contribution in [0.2, 0.25) is 5.02 Å². The summed E-state index contributed by atoms with van der Waals surface area (Å²) in [5, 5.41) is 6.89. The Hall–Kier alpha value is -2.81. The molecule has 25 heavy (non-hydrogen) atoms. The van der Waals surface area contributed by atoms with Crippen molar-refractivity contribution in [1.29, 1.82) is 0 Å². The molecule has 9 nitrogen and oxygen atoms in total. The Morgan fingerprint density at radius 3 is 2.92 bits per heavy atom. The first-order valence-corrected chi connectivity index (χ1v) is 8.05. The van der Waals surface area contributed by atoms with E-state index in [1.165, 1.54) is 6.21 Å². The molecule has 2 aliphatic heterocycles. The van der Waals surface area contributed by atoms with Crippen LogP contribution in [0.5, 0.6) is 0 Å². The normalized spacial score (nSPS) is 19.0. The molecule has 0 saturated carbocycles. The topological polar surface area (TPSA) is 109 Å². The summed E-state index contributed by atoms with van der Waals surface area (Å²) in [5.74, 6) is -1.35. The van der Waals surface area contributed by atoms with E-state index in [-0.39, 0.29) is 29.6 Å².